The maximum absolute atomic E-state index is 11.5. The molecule has 0 bridgehead atoms. The molecule has 1 aromatic carbocycles. The van der Waals surface area contributed by atoms with E-state index in [4.69, 9.17) is 10.3 Å². The van der Waals surface area contributed by atoms with E-state index in [2.05, 4.69) is 20.8 Å². The number of aromatic nitrogens is 2. The first-order chi connectivity index (χ1) is 9.60. The van der Waals surface area contributed by atoms with Crippen LogP contribution in [0.4, 0.5) is 11.4 Å². The summed E-state index contributed by atoms with van der Waals surface area (Å²) in [4.78, 5) is 15.6. The van der Waals surface area contributed by atoms with Gasteiger partial charge in [0.15, 0.2) is 5.82 Å². The van der Waals surface area contributed by atoms with Crippen LogP contribution in [0.25, 0.3) is 0 Å². The number of hydrogen-bond acceptors (Lipinski definition) is 6. The molecule has 0 saturated carbocycles. The average molecular weight is 275 g/mol. The lowest BCUT2D eigenvalue weighted by Gasteiger charge is -2.09. The van der Waals surface area contributed by atoms with Gasteiger partial charge in [0.05, 0.1) is 11.4 Å². The Hall–Kier alpha value is -2.57. The summed E-state index contributed by atoms with van der Waals surface area (Å²) in [6.07, 6.45) is 0.609. The summed E-state index contributed by atoms with van der Waals surface area (Å²) in [5.74, 6) is 1.04. The van der Waals surface area contributed by atoms with Crippen molar-refractivity contribution < 1.29 is 9.32 Å². The monoisotopic (exact) mass is 275 g/mol. The maximum atomic E-state index is 11.5. The van der Waals surface area contributed by atoms with Crippen molar-refractivity contribution in [2.24, 2.45) is 0 Å². The predicted molar refractivity (Wildman–Crippen MR) is 75.5 cm³/mol. The molecule has 1 heterocycles. The first-order valence-electron chi connectivity index (χ1n) is 6.25. The molecule has 1 amide bonds. The summed E-state index contributed by atoms with van der Waals surface area (Å²) in [6.45, 7) is 2.39. The Balaban J connectivity index is 1.94. The van der Waals surface area contributed by atoms with Crippen molar-refractivity contribution in [2.75, 3.05) is 24.6 Å². The van der Waals surface area contributed by atoms with Gasteiger partial charge in [-0.25, -0.2) is 0 Å². The van der Waals surface area contributed by atoms with Crippen molar-refractivity contribution in [3.05, 3.63) is 35.5 Å². The van der Waals surface area contributed by atoms with Gasteiger partial charge in [0.25, 0.3) is 5.91 Å². The van der Waals surface area contributed by atoms with Crippen LogP contribution in [0.5, 0.6) is 0 Å². The molecular weight excluding hydrogens is 258 g/mol. The number of nitrogens with zero attached hydrogens (tertiary/aromatic N) is 2. The number of nitrogens with two attached hydrogens (primary N) is 1. The summed E-state index contributed by atoms with van der Waals surface area (Å²) in [7, 11) is 1.58. The van der Waals surface area contributed by atoms with Gasteiger partial charge >= 0.3 is 0 Å². The summed E-state index contributed by atoms with van der Waals surface area (Å²) in [6, 6.07) is 5.13. The fraction of sp³-hybridized carbons (Fsp3) is 0.308. The number of nitrogens with one attached hydrogen (secondary N) is 2. The van der Waals surface area contributed by atoms with E-state index in [9.17, 15) is 4.79 Å². The first-order valence-corrected chi connectivity index (χ1v) is 6.25. The van der Waals surface area contributed by atoms with Crippen LogP contribution in [0.3, 0.4) is 0 Å². The molecule has 0 unspecified atom stereocenters. The molecule has 0 saturated heterocycles. The first kappa shape index (κ1) is 13.9. The fourth-order valence-electron chi connectivity index (χ4n) is 1.75. The Morgan fingerprint density at radius 2 is 2.25 bits per heavy atom. The number of carbonyl (C=O) groups is 1. The van der Waals surface area contributed by atoms with Crippen molar-refractivity contribution in [1.82, 2.24) is 15.5 Å². The average Bonchev–Trinajstić information content (AvgIpc) is 2.85. The van der Waals surface area contributed by atoms with E-state index in [1.807, 2.05) is 0 Å². The normalized spacial score (nSPS) is 10.3. The molecule has 2 aromatic rings. The smallest absolute Gasteiger partial charge is 0.251 e. The third kappa shape index (κ3) is 3.25. The molecule has 0 aliphatic carbocycles. The van der Waals surface area contributed by atoms with Gasteiger partial charge in [-0.3, -0.25) is 4.79 Å². The van der Waals surface area contributed by atoms with Crippen molar-refractivity contribution in [2.45, 2.75) is 13.3 Å². The third-order valence-corrected chi connectivity index (χ3v) is 2.76. The summed E-state index contributed by atoms with van der Waals surface area (Å²) in [5, 5.41) is 9.44. The second kappa shape index (κ2) is 6.05. The Labute approximate surface area is 116 Å². The topological polar surface area (TPSA) is 106 Å². The van der Waals surface area contributed by atoms with Gasteiger partial charge in [-0.05, 0) is 25.1 Å². The quantitative estimate of drug-likeness (QED) is 0.702. The van der Waals surface area contributed by atoms with Crippen LogP contribution in [-0.2, 0) is 6.42 Å². The molecule has 7 nitrogen and oxygen atoms in total. The number of nitrogen functional groups attached to an aromatic ring is 1. The van der Waals surface area contributed by atoms with Gasteiger partial charge < -0.3 is 20.9 Å². The Morgan fingerprint density at radius 3 is 2.85 bits per heavy atom. The molecule has 1 aromatic heterocycles. The number of benzene rings is 1. The second-order valence-corrected chi connectivity index (χ2v) is 4.29. The molecule has 0 atom stereocenters. The third-order valence-electron chi connectivity index (χ3n) is 2.76. The minimum absolute atomic E-state index is 0.162. The summed E-state index contributed by atoms with van der Waals surface area (Å²) >= 11 is 0. The summed E-state index contributed by atoms with van der Waals surface area (Å²) < 4.78 is 5.01. The lowest BCUT2D eigenvalue weighted by molar-refractivity contribution is 0.0963. The molecule has 4 N–H and O–H groups in total. The second-order valence-electron chi connectivity index (χ2n) is 4.29. The fourth-order valence-corrected chi connectivity index (χ4v) is 1.75. The van der Waals surface area contributed by atoms with E-state index >= 15 is 0 Å². The minimum Gasteiger partial charge on any atom is -0.397 e. The van der Waals surface area contributed by atoms with Gasteiger partial charge in [-0.2, -0.15) is 4.98 Å². The molecule has 7 heteroatoms. The molecule has 0 aliphatic heterocycles. The van der Waals surface area contributed by atoms with E-state index in [1.165, 1.54) is 0 Å². The number of hydrogen-bond donors (Lipinski definition) is 3. The van der Waals surface area contributed by atoms with Crippen LogP contribution in [0, 0.1) is 6.92 Å². The van der Waals surface area contributed by atoms with Gasteiger partial charge in [0.1, 0.15) is 0 Å². The Bertz CT molecular complexity index is 609. The van der Waals surface area contributed by atoms with E-state index in [1.54, 1.807) is 32.2 Å². The van der Waals surface area contributed by atoms with Gasteiger partial charge in [-0.1, -0.05) is 5.16 Å². The van der Waals surface area contributed by atoms with E-state index in [0.29, 0.717) is 35.9 Å². The van der Waals surface area contributed by atoms with Crippen LogP contribution >= 0.6 is 0 Å². The zero-order valence-electron chi connectivity index (χ0n) is 11.4. The Morgan fingerprint density at radius 1 is 1.45 bits per heavy atom. The number of carbonyl (C=O) groups excluding carboxylic acids is 1. The SMILES string of the molecule is CNC(=O)c1ccc(NCCc2nc(C)no2)c(N)c1. The molecule has 0 fully saturated rings. The lowest BCUT2D eigenvalue weighted by Crippen LogP contribution is -2.18. The Kier molecular flexibility index (Phi) is 4.19. The van der Waals surface area contributed by atoms with Crippen molar-refractivity contribution >= 4 is 17.3 Å². The zero-order valence-corrected chi connectivity index (χ0v) is 11.4. The number of rotatable bonds is 5. The molecule has 0 spiro atoms. The highest BCUT2D eigenvalue weighted by molar-refractivity contribution is 5.95. The van der Waals surface area contributed by atoms with Crippen LogP contribution < -0.4 is 16.4 Å². The molecule has 106 valence electrons. The van der Waals surface area contributed by atoms with Crippen LogP contribution in [0.1, 0.15) is 22.1 Å². The highest BCUT2D eigenvalue weighted by Gasteiger charge is 2.07. The molecule has 2 rings (SSSR count). The minimum atomic E-state index is -0.162. The van der Waals surface area contributed by atoms with Gasteiger partial charge in [-0.15, -0.1) is 0 Å². The summed E-state index contributed by atoms with van der Waals surface area (Å²) in [5.41, 5.74) is 7.73. The molecule has 0 radical (unpaired) electrons. The number of anilines is 2. The highest BCUT2D eigenvalue weighted by Crippen LogP contribution is 2.19. The maximum Gasteiger partial charge on any atom is 0.251 e. The van der Waals surface area contributed by atoms with Gasteiger partial charge in [0.2, 0.25) is 5.89 Å². The standard InChI is InChI=1S/C13H17N5O2/c1-8-17-12(20-18-8)5-6-16-11-4-3-9(7-10(11)14)13(19)15-2/h3-4,7,16H,5-6,14H2,1-2H3,(H,15,19). The lowest BCUT2D eigenvalue weighted by atomic mass is 10.1. The van der Waals surface area contributed by atoms with Crippen LogP contribution in [0.15, 0.2) is 22.7 Å². The zero-order chi connectivity index (χ0) is 14.5. The predicted octanol–water partition coefficient (Wildman–Crippen LogP) is 0.974. The largest absolute Gasteiger partial charge is 0.397 e. The van der Waals surface area contributed by atoms with E-state index < -0.39 is 0 Å². The number of aryl methyl sites for hydroxylation is 1. The molecular formula is C13H17N5O2. The van der Waals surface area contributed by atoms with E-state index in [-0.39, 0.29) is 5.91 Å². The molecule has 0 aliphatic rings. The van der Waals surface area contributed by atoms with Gasteiger partial charge in [0, 0.05) is 25.6 Å². The number of amides is 1. The van der Waals surface area contributed by atoms with Crippen LogP contribution in [-0.4, -0.2) is 29.6 Å². The van der Waals surface area contributed by atoms with E-state index in [0.717, 1.165) is 5.69 Å². The highest BCUT2D eigenvalue weighted by atomic mass is 16.5. The van der Waals surface area contributed by atoms with Crippen molar-refractivity contribution in [1.29, 1.82) is 0 Å². The van der Waals surface area contributed by atoms with Crippen molar-refractivity contribution in [3.63, 3.8) is 0 Å². The van der Waals surface area contributed by atoms with Crippen LogP contribution in [0.2, 0.25) is 0 Å². The molecule has 20 heavy (non-hydrogen) atoms. The van der Waals surface area contributed by atoms with Crippen molar-refractivity contribution in [3.8, 4) is 0 Å².